The number of allylic oxidation sites excluding steroid dienone is 2. The van der Waals surface area contributed by atoms with E-state index in [9.17, 15) is 14.4 Å². The molecule has 2 unspecified atom stereocenters. The van der Waals surface area contributed by atoms with Crippen molar-refractivity contribution in [3.8, 4) is 0 Å². The van der Waals surface area contributed by atoms with Gasteiger partial charge in [0.1, 0.15) is 5.82 Å². The largest absolute Gasteiger partial charge is 0.378 e. The van der Waals surface area contributed by atoms with Crippen molar-refractivity contribution in [2.24, 2.45) is 11.8 Å². The van der Waals surface area contributed by atoms with Gasteiger partial charge in [0.15, 0.2) is 0 Å². The highest BCUT2D eigenvalue weighted by atomic mass is 16.5. The van der Waals surface area contributed by atoms with Gasteiger partial charge in [-0.25, -0.2) is 9.89 Å². The Balaban J connectivity index is 1.49. The molecule has 9 heteroatoms. The number of amides is 2. The highest BCUT2D eigenvalue weighted by Gasteiger charge is 2.36. The summed E-state index contributed by atoms with van der Waals surface area (Å²) in [5, 5.41) is 9.07. The van der Waals surface area contributed by atoms with Crippen LogP contribution in [0.1, 0.15) is 25.1 Å². The summed E-state index contributed by atoms with van der Waals surface area (Å²) in [6.45, 7) is 2.78. The van der Waals surface area contributed by atoms with Crippen molar-refractivity contribution < 1.29 is 14.3 Å². The first kappa shape index (κ1) is 18.4. The lowest BCUT2D eigenvalue weighted by Gasteiger charge is -2.34. The van der Waals surface area contributed by atoms with Gasteiger partial charge in [0, 0.05) is 26.1 Å². The Morgan fingerprint density at radius 2 is 1.96 bits per heavy atom. The van der Waals surface area contributed by atoms with Crippen molar-refractivity contribution in [2.75, 3.05) is 32.8 Å². The molecule has 1 fully saturated rings. The minimum Gasteiger partial charge on any atom is -0.378 e. The molecule has 3 N–H and O–H groups in total. The normalized spacial score (nSPS) is 23.0. The Morgan fingerprint density at radius 3 is 2.65 bits per heavy atom. The fourth-order valence-electron chi connectivity index (χ4n) is 3.42. The molecule has 26 heavy (non-hydrogen) atoms. The molecular weight excluding hydrogens is 338 g/mol. The van der Waals surface area contributed by atoms with E-state index < -0.39 is 0 Å². The third-order valence-electron chi connectivity index (χ3n) is 4.85. The zero-order valence-corrected chi connectivity index (χ0v) is 14.7. The molecule has 3 rings (SSSR count). The van der Waals surface area contributed by atoms with Crippen LogP contribution in [0.5, 0.6) is 0 Å². The highest BCUT2D eigenvalue weighted by Crippen LogP contribution is 2.28. The van der Waals surface area contributed by atoms with Gasteiger partial charge >= 0.3 is 5.69 Å². The summed E-state index contributed by atoms with van der Waals surface area (Å²) >= 11 is 0. The number of rotatable bonds is 6. The van der Waals surface area contributed by atoms with Crippen molar-refractivity contribution >= 4 is 11.8 Å². The van der Waals surface area contributed by atoms with Crippen molar-refractivity contribution in [3.63, 3.8) is 0 Å². The second kappa shape index (κ2) is 8.79. The van der Waals surface area contributed by atoms with E-state index in [1.54, 1.807) is 0 Å². The molecule has 1 saturated heterocycles. The van der Waals surface area contributed by atoms with Gasteiger partial charge in [0.25, 0.3) is 0 Å². The predicted octanol–water partition coefficient (Wildman–Crippen LogP) is -0.412. The van der Waals surface area contributed by atoms with Crippen LogP contribution in [0.3, 0.4) is 0 Å². The quantitative estimate of drug-likeness (QED) is 0.469. The fourth-order valence-corrected chi connectivity index (χ4v) is 3.42. The van der Waals surface area contributed by atoms with Crippen LogP contribution in [0.25, 0.3) is 0 Å². The first-order chi connectivity index (χ1) is 12.6. The molecule has 2 atom stereocenters. The second-order valence-corrected chi connectivity index (χ2v) is 6.61. The molecule has 1 aliphatic heterocycles. The van der Waals surface area contributed by atoms with Gasteiger partial charge in [0.05, 0.1) is 25.0 Å². The van der Waals surface area contributed by atoms with Crippen LogP contribution in [0.4, 0.5) is 0 Å². The van der Waals surface area contributed by atoms with Crippen molar-refractivity contribution in [1.82, 2.24) is 25.4 Å². The Morgan fingerprint density at radius 1 is 1.23 bits per heavy atom. The molecule has 0 bridgehead atoms. The number of nitrogens with one attached hydrogen (secondary N) is 3. The van der Waals surface area contributed by atoms with Crippen molar-refractivity contribution in [3.05, 3.63) is 28.5 Å². The van der Waals surface area contributed by atoms with E-state index in [0.29, 0.717) is 64.4 Å². The molecule has 2 amide bonds. The minimum atomic E-state index is -0.333. The van der Waals surface area contributed by atoms with Crippen LogP contribution >= 0.6 is 0 Å². The van der Waals surface area contributed by atoms with Crippen LogP contribution in [-0.2, 0) is 20.7 Å². The van der Waals surface area contributed by atoms with Gasteiger partial charge in [-0.2, -0.15) is 5.10 Å². The van der Waals surface area contributed by atoms with E-state index >= 15 is 0 Å². The molecule has 0 aromatic carbocycles. The molecule has 0 saturated carbocycles. The van der Waals surface area contributed by atoms with Gasteiger partial charge in [0.2, 0.25) is 11.8 Å². The van der Waals surface area contributed by atoms with Crippen LogP contribution in [0.15, 0.2) is 16.9 Å². The number of carbonyl (C=O) groups is 2. The Hall–Kier alpha value is -2.42. The highest BCUT2D eigenvalue weighted by molar-refractivity contribution is 5.88. The molecule has 1 aromatic rings. The summed E-state index contributed by atoms with van der Waals surface area (Å²) in [6, 6.07) is 0. The van der Waals surface area contributed by atoms with E-state index in [1.165, 1.54) is 0 Å². The zero-order chi connectivity index (χ0) is 18.4. The third kappa shape index (κ3) is 4.60. The first-order valence-corrected chi connectivity index (χ1v) is 9.08. The van der Waals surface area contributed by atoms with Gasteiger partial charge in [-0.1, -0.05) is 12.2 Å². The number of ether oxygens (including phenoxy) is 1. The molecule has 1 aliphatic carbocycles. The van der Waals surface area contributed by atoms with Gasteiger partial charge in [-0.15, -0.1) is 0 Å². The maximum atomic E-state index is 12.8. The molecule has 142 valence electrons. The van der Waals surface area contributed by atoms with E-state index in [4.69, 9.17) is 4.74 Å². The average Bonchev–Trinajstić information content (AvgIpc) is 3.10. The summed E-state index contributed by atoms with van der Waals surface area (Å²) in [6.07, 6.45) is 6.38. The van der Waals surface area contributed by atoms with E-state index in [2.05, 4.69) is 20.5 Å². The van der Waals surface area contributed by atoms with Gasteiger partial charge in [-0.05, 0) is 19.3 Å². The number of aromatic nitrogens is 3. The maximum absolute atomic E-state index is 12.8. The lowest BCUT2D eigenvalue weighted by Crippen LogP contribution is -2.48. The molecule has 1 aromatic heterocycles. The Kier molecular flexibility index (Phi) is 6.21. The van der Waals surface area contributed by atoms with Crippen molar-refractivity contribution in [2.45, 2.75) is 25.7 Å². The summed E-state index contributed by atoms with van der Waals surface area (Å²) in [4.78, 5) is 40.8. The van der Waals surface area contributed by atoms with Crippen LogP contribution in [-0.4, -0.2) is 64.7 Å². The van der Waals surface area contributed by atoms with E-state index in [-0.39, 0.29) is 29.3 Å². The topological polar surface area (TPSA) is 120 Å². The summed E-state index contributed by atoms with van der Waals surface area (Å²) in [5.41, 5.74) is -0.331. The maximum Gasteiger partial charge on any atom is 0.340 e. The molecule has 2 aliphatic rings. The summed E-state index contributed by atoms with van der Waals surface area (Å²) in [5.74, 6) is -0.102. The lowest BCUT2D eigenvalue weighted by atomic mass is 9.81. The monoisotopic (exact) mass is 363 g/mol. The molecule has 0 radical (unpaired) electrons. The van der Waals surface area contributed by atoms with Crippen LogP contribution < -0.4 is 11.0 Å². The van der Waals surface area contributed by atoms with Crippen LogP contribution in [0.2, 0.25) is 0 Å². The molecule has 0 spiro atoms. The standard InChI is InChI=1S/C17H25N5O4/c23-15(18-7-3-6-14-19-17(25)21-20-14)12-4-1-2-5-13(12)16(24)22-8-10-26-11-9-22/h1-2,12-13H,3-11H2,(H,18,23)(H2,19,20,21,25). The van der Waals surface area contributed by atoms with Gasteiger partial charge < -0.3 is 15.0 Å². The zero-order valence-electron chi connectivity index (χ0n) is 14.7. The minimum absolute atomic E-state index is 0.0481. The molecule has 9 nitrogen and oxygen atoms in total. The van der Waals surface area contributed by atoms with E-state index in [0.717, 1.165) is 0 Å². The number of morpholine rings is 1. The summed E-state index contributed by atoms with van der Waals surface area (Å²) < 4.78 is 5.30. The molecule has 2 heterocycles. The fraction of sp³-hybridized carbons (Fsp3) is 0.647. The SMILES string of the molecule is O=C(NCCCc1n[nH]c(=O)[nH]1)C1CC=CCC1C(=O)N1CCOCC1. The van der Waals surface area contributed by atoms with E-state index in [1.807, 2.05) is 17.1 Å². The number of hydrogen-bond acceptors (Lipinski definition) is 5. The number of hydrogen-bond donors (Lipinski definition) is 3. The Labute approximate surface area is 151 Å². The number of carbonyl (C=O) groups excluding carboxylic acids is 2. The van der Waals surface area contributed by atoms with Crippen molar-refractivity contribution in [1.29, 1.82) is 0 Å². The third-order valence-corrected chi connectivity index (χ3v) is 4.85. The first-order valence-electron chi connectivity index (χ1n) is 9.08. The smallest absolute Gasteiger partial charge is 0.340 e. The Bertz CT molecular complexity index is 704. The number of nitrogens with zero attached hydrogens (tertiary/aromatic N) is 2. The van der Waals surface area contributed by atoms with Gasteiger partial charge in [-0.3, -0.25) is 14.6 Å². The average molecular weight is 363 g/mol. The van der Waals surface area contributed by atoms with Crippen LogP contribution in [0, 0.1) is 11.8 Å². The number of H-pyrrole nitrogens is 2. The predicted molar refractivity (Wildman–Crippen MR) is 93.3 cm³/mol. The number of aromatic amines is 2. The summed E-state index contributed by atoms with van der Waals surface area (Å²) in [7, 11) is 0. The number of aryl methyl sites for hydroxylation is 1. The molecular formula is C17H25N5O4. The lowest BCUT2D eigenvalue weighted by molar-refractivity contribution is -0.145. The second-order valence-electron chi connectivity index (χ2n) is 6.61.